The molecule has 6 rings (SSSR count). The molecule has 2 N–H and O–H groups in total. The van der Waals surface area contributed by atoms with Crippen molar-refractivity contribution in [1.29, 1.82) is 0 Å². The van der Waals surface area contributed by atoms with E-state index in [1.54, 1.807) is 18.3 Å². The van der Waals surface area contributed by atoms with Crippen LogP contribution in [-0.2, 0) is 0 Å². The van der Waals surface area contributed by atoms with Gasteiger partial charge in [-0.15, -0.1) is 0 Å². The predicted molar refractivity (Wildman–Crippen MR) is 139 cm³/mol. The lowest BCUT2D eigenvalue weighted by atomic mass is 10.1. The van der Waals surface area contributed by atoms with Crippen LogP contribution in [0.4, 0.5) is 15.9 Å². The highest BCUT2D eigenvalue weighted by molar-refractivity contribution is 5.78. The van der Waals surface area contributed by atoms with E-state index in [0.717, 1.165) is 54.2 Å². The summed E-state index contributed by atoms with van der Waals surface area (Å²) in [7, 11) is 2.15. The number of fused-ring (bicyclic) bond motifs is 3. The number of anilines is 2. The third-order valence-corrected chi connectivity index (χ3v) is 6.88. The summed E-state index contributed by atoms with van der Waals surface area (Å²) in [6.07, 6.45) is 3.90. The SMILES string of the molecule is CC.Cc1nc2ccc(-c3ccnc(N)c3)nc2n1-c1ccc(N2C3CCC2CN(C)C3)c(F)c1. The smallest absolute Gasteiger partial charge is 0.165 e. The van der Waals surface area contributed by atoms with Crippen molar-refractivity contribution >= 4 is 22.7 Å². The number of benzene rings is 1. The molecular formula is C27H32FN7. The van der Waals surface area contributed by atoms with Crippen molar-refractivity contribution in [3.05, 3.63) is 60.3 Å². The molecule has 4 aromatic rings. The number of rotatable bonds is 3. The summed E-state index contributed by atoms with van der Waals surface area (Å²) >= 11 is 0. The normalized spacial score (nSPS) is 19.6. The summed E-state index contributed by atoms with van der Waals surface area (Å²) in [4.78, 5) is 18.2. The molecule has 8 heteroatoms. The van der Waals surface area contributed by atoms with Crippen molar-refractivity contribution in [2.24, 2.45) is 0 Å². The summed E-state index contributed by atoms with van der Waals surface area (Å²) in [5.74, 6) is 0.999. The number of piperazine rings is 1. The van der Waals surface area contributed by atoms with Crippen molar-refractivity contribution in [3.8, 4) is 16.9 Å². The predicted octanol–water partition coefficient (Wildman–Crippen LogP) is 4.82. The lowest BCUT2D eigenvalue weighted by Gasteiger charge is -2.41. The van der Waals surface area contributed by atoms with Gasteiger partial charge >= 0.3 is 0 Å². The summed E-state index contributed by atoms with van der Waals surface area (Å²) in [5.41, 5.74) is 10.4. The Hall–Kier alpha value is -3.52. The van der Waals surface area contributed by atoms with Crippen molar-refractivity contribution in [3.63, 3.8) is 0 Å². The second kappa shape index (κ2) is 9.26. The second-order valence-corrected chi connectivity index (χ2v) is 9.15. The Morgan fingerprint density at radius 2 is 1.71 bits per heavy atom. The molecule has 1 aromatic carbocycles. The Kier molecular flexibility index (Phi) is 6.15. The highest BCUT2D eigenvalue weighted by Gasteiger charge is 2.39. The minimum absolute atomic E-state index is 0.201. The molecule has 0 saturated carbocycles. The fraction of sp³-hybridized carbons (Fsp3) is 0.370. The number of likely N-dealkylation sites (N-methyl/N-ethyl adjacent to an activating group) is 1. The second-order valence-electron chi connectivity index (χ2n) is 9.15. The minimum atomic E-state index is -0.201. The van der Waals surface area contributed by atoms with Crippen LogP contribution in [-0.4, -0.2) is 56.6 Å². The molecule has 2 fully saturated rings. The number of aryl methyl sites for hydroxylation is 1. The maximum Gasteiger partial charge on any atom is 0.165 e. The van der Waals surface area contributed by atoms with Crippen molar-refractivity contribution in [1.82, 2.24) is 24.4 Å². The van der Waals surface area contributed by atoms with E-state index in [1.807, 2.05) is 55.7 Å². The molecule has 0 amide bonds. The van der Waals surface area contributed by atoms with E-state index in [0.29, 0.717) is 29.2 Å². The fourth-order valence-corrected chi connectivity index (χ4v) is 5.50. The summed E-state index contributed by atoms with van der Waals surface area (Å²) in [5, 5.41) is 0. The molecule has 2 bridgehead atoms. The number of halogens is 1. The Labute approximate surface area is 205 Å². The number of pyridine rings is 2. The molecule has 3 aromatic heterocycles. The van der Waals surface area contributed by atoms with Crippen LogP contribution in [0.1, 0.15) is 32.5 Å². The fourth-order valence-electron chi connectivity index (χ4n) is 5.50. The molecule has 2 saturated heterocycles. The highest BCUT2D eigenvalue weighted by atomic mass is 19.1. The van der Waals surface area contributed by atoms with Crippen LogP contribution in [0.2, 0.25) is 0 Å². The quantitative estimate of drug-likeness (QED) is 0.460. The monoisotopic (exact) mass is 473 g/mol. The molecule has 0 radical (unpaired) electrons. The van der Waals surface area contributed by atoms with E-state index >= 15 is 4.39 Å². The Morgan fingerprint density at radius 3 is 2.40 bits per heavy atom. The molecule has 182 valence electrons. The lowest BCUT2D eigenvalue weighted by molar-refractivity contribution is 0.263. The number of hydrogen-bond acceptors (Lipinski definition) is 6. The standard InChI is InChI=1S/C25H26FN7.C2H6/c1-15-29-22-7-6-21(16-9-10-28-24(27)11-16)30-25(22)32(15)17-5-8-23(20(26)12-17)33-18-3-4-19(33)14-31(2)13-18;1-2/h5-12,18-19H,3-4,13-14H2,1-2H3,(H2,27,28);1-2H3. The zero-order valence-corrected chi connectivity index (χ0v) is 20.7. The van der Waals surface area contributed by atoms with E-state index in [9.17, 15) is 0 Å². The van der Waals surface area contributed by atoms with Gasteiger partial charge in [-0.1, -0.05) is 13.8 Å². The van der Waals surface area contributed by atoms with Gasteiger partial charge in [0.2, 0.25) is 0 Å². The van der Waals surface area contributed by atoms with Crippen LogP contribution in [0.15, 0.2) is 48.7 Å². The summed E-state index contributed by atoms with van der Waals surface area (Å²) < 4.78 is 17.4. The number of nitrogens with zero attached hydrogens (tertiary/aromatic N) is 6. The van der Waals surface area contributed by atoms with E-state index in [4.69, 9.17) is 10.7 Å². The average molecular weight is 474 g/mol. The number of hydrogen-bond donors (Lipinski definition) is 1. The van der Waals surface area contributed by atoms with E-state index in [2.05, 4.69) is 26.8 Å². The number of imidazole rings is 1. The van der Waals surface area contributed by atoms with Gasteiger partial charge in [0.15, 0.2) is 5.65 Å². The third kappa shape index (κ3) is 4.12. The molecule has 2 aliphatic heterocycles. The Balaban J connectivity index is 0.00000124. The van der Waals surface area contributed by atoms with Gasteiger partial charge in [-0.2, -0.15) is 0 Å². The van der Waals surface area contributed by atoms with E-state index in [1.165, 1.54) is 0 Å². The highest BCUT2D eigenvalue weighted by Crippen LogP contribution is 2.37. The molecular weight excluding hydrogens is 441 g/mol. The van der Waals surface area contributed by atoms with Crippen LogP contribution < -0.4 is 10.6 Å². The first kappa shape index (κ1) is 23.2. The van der Waals surface area contributed by atoms with Crippen molar-refractivity contribution < 1.29 is 4.39 Å². The van der Waals surface area contributed by atoms with Gasteiger partial charge < -0.3 is 15.5 Å². The Morgan fingerprint density at radius 1 is 0.971 bits per heavy atom. The zero-order chi connectivity index (χ0) is 24.7. The molecule has 2 aliphatic rings. The van der Waals surface area contributed by atoms with E-state index in [-0.39, 0.29) is 5.82 Å². The van der Waals surface area contributed by atoms with Crippen LogP contribution in [0.3, 0.4) is 0 Å². The molecule has 7 nitrogen and oxygen atoms in total. The topological polar surface area (TPSA) is 76.1 Å². The molecule has 0 aliphatic carbocycles. The molecule has 2 atom stereocenters. The van der Waals surface area contributed by atoms with E-state index < -0.39 is 0 Å². The van der Waals surface area contributed by atoms with Crippen LogP contribution in [0.25, 0.3) is 28.1 Å². The maximum absolute atomic E-state index is 15.5. The number of nitrogens with two attached hydrogens (primary N) is 1. The summed E-state index contributed by atoms with van der Waals surface area (Å²) in [6, 6.07) is 13.8. The van der Waals surface area contributed by atoms with Crippen LogP contribution in [0.5, 0.6) is 0 Å². The first-order valence-electron chi connectivity index (χ1n) is 12.3. The maximum atomic E-state index is 15.5. The molecule has 5 heterocycles. The largest absolute Gasteiger partial charge is 0.384 e. The first-order chi connectivity index (χ1) is 17.0. The summed E-state index contributed by atoms with van der Waals surface area (Å²) in [6.45, 7) is 7.88. The van der Waals surface area contributed by atoms with Crippen molar-refractivity contribution in [2.75, 3.05) is 30.8 Å². The minimum Gasteiger partial charge on any atom is -0.384 e. The number of aromatic nitrogens is 4. The average Bonchev–Trinajstić information content (AvgIpc) is 3.32. The lowest BCUT2D eigenvalue weighted by Crippen LogP contribution is -2.52. The van der Waals surface area contributed by atoms with Crippen molar-refractivity contribution in [2.45, 2.75) is 45.7 Å². The third-order valence-electron chi connectivity index (χ3n) is 6.88. The van der Waals surface area contributed by atoms with Gasteiger partial charge in [-0.05, 0) is 63.2 Å². The molecule has 0 spiro atoms. The van der Waals surface area contributed by atoms with Gasteiger partial charge in [0.05, 0.1) is 17.1 Å². The van der Waals surface area contributed by atoms with Gasteiger partial charge in [-0.3, -0.25) is 4.57 Å². The zero-order valence-electron chi connectivity index (χ0n) is 20.7. The van der Waals surface area contributed by atoms with Gasteiger partial charge in [0, 0.05) is 43.0 Å². The first-order valence-corrected chi connectivity index (χ1v) is 12.3. The van der Waals surface area contributed by atoms with Gasteiger partial charge in [0.1, 0.15) is 23.0 Å². The van der Waals surface area contributed by atoms with Crippen LogP contribution in [0, 0.1) is 12.7 Å². The molecule has 35 heavy (non-hydrogen) atoms. The Bertz CT molecular complexity index is 1350. The van der Waals surface area contributed by atoms with Gasteiger partial charge in [-0.25, -0.2) is 19.3 Å². The number of likely N-dealkylation sites (tertiary alicyclic amines) is 1. The van der Waals surface area contributed by atoms with Gasteiger partial charge in [0.25, 0.3) is 0 Å². The molecule has 2 unspecified atom stereocenters. The van der Waals surface area contributed by atoms with Crippen LogP contribution >= 0.6 is 0 Å². The number of nitrogen functional groups attached to an aromatic ring is 1.